The maximum atomic E-state index is 12.6. The highest BCUT2D eigenvalue weighted by molar-refractivity contribution is 7.92. The van der Waals surface area contributed by atoms with Crippen molar-refractivity contribution >= 4 is 27.3 Å². The fraction of sp³-hybridized carbons (Fsp3) is 0.350. The van der Waals surface area contributed by atoms with Crippen molar-refractivity contribution in [3.63, 3.8) is 0 Å². The summed E-state index contributed by atoms with van der Waals surface area (Å²) in [7, 11) is -3.42. The molecule has 0 spiro atoms. The van der Waals surface area contributed by atoms with Crippen LogP contribution in [0.1, 0.15) is 37.6 Å². The lowest BCUT2D eigenvalue weighted by Crippen LogP contribution is -2.17. The number of nitrogens with one attached hydrogen (secondary N) is 2. The molecule has 0 atom stereocenters. The maximum Gasteiger partial charge on any atom is 0.255 e. The number of amides is 1. The van der Waals surface area contributed by atoms with Crippen molar-refractivity contribution < 1.29 is 22.7 Å². The van der Waals surface area contributed by atoms with Crippen molar-refractivity contribution in [3.05, 3.63) is 48.0 Å². The third kappa shape index (κ3) is 6.16. The van der Waals surface area contributed by atoms with Crippen LogP contribution in [-0.2, 0) is 10.0 Å². The first kappa shape index (κ1) is 21.6. The molecule has 8 heteroatoms. The standard InChI is InChI=1S/C20H26N2O5S/c1-4-12-28(24,25)22-17-9-7-8-15(13-17)20(23)21-16-10-11-18(26-5-2)19(14-16)27-6-3/h7-11,13-14,22H,4-6,12H2,1-3H3,(H,21,23). The molecule has 0 saturated carbocycles. The highest BCUT2D eigenvalue weighted by atomic mass is 32.2. The first-order valence-electron chi connectivity index (χ1n) is 9.20. The van der Waals surface area contributed by atoms with Gasteiger partial charge in [0.05, 0.1) is 19.0 Å². The lowest BCUT2D eigenvalue weighted by Gasteiger charge is -2.13. The molecule has 0 aromatic heterocycles. The van der Waals surface area contributed by atoms with E-state index in [1.54, 1.807) is 43.3 Å². The average molecular weight is 407 g/mol. The van der Waals surface area contributed by atoms with Crippen LogP contribution in [0, 0.1) is 0 Å². The molecule has 0 unspecified atom stereocenters. The molecule has 0 radical (unpaired) electrons. The quantitative estimate of drug-likeness (QED) is 0.624. The predicted molar refractivity (Wildman–Crippen MR) is 111 cm³/mol. The van der Waals surface area contributed by atoms with E-state index < -0.39 is 10.0 Å². The molecule has 152 valence electrons. The zero-order valence-corrected chi connectivity index (χ0v) is 17.1. The Kier molecular flexibility index (Phi) is 7.69. The second kappa shape index (κ2) is 9.98. The topological polar surface area (TPSA) is 93.7 Å². The molecule has 7 nitrogen and oxygen atoms in total. The van der Waals surface area contributed by atoms with Crippen molar-refractivity contribution in [3.8, 4) is 11.5 Å². The second-order valence-corrected chi connectivity index (χ2v) is 7.83. The monoisotopic (exact) mass is 406 g/mol. The number of rotatable bonds is 10. The molecule has 28 heavy (non-hydrogen) atoms. The van der Waals surface area contributed by atoms with E-state index in [4.69, 9.17) is 9.47 Å². The van der Waals surface area contributed by atoms with Gasteiger partial charge in [-0.05, 0) is 50.6 Å². The lowest BCUT2D eigenvalue weighted by atomic mass is 10.2. The van der Waals surface area contributed by atoms with E-state index in [2.05, 4.69) is 10.0 Å². The number of sulfonamides is 1. The maximum absolute atomic E-state index is 12.6. The van der Waals surface area contributed by atoms with Crippen LogP contribution < -0.4 is 19.5 Å². The minimum Gasteiger partial charge on any atom is -0.490 e. The summed E-state index contributed by atoms with van der Waals surface area (Å²) in [5, 5.41) is 2.79. The van der Waals surface area contributed by atoms with Gasteiger partial charge in [-0.2, -0.15) is 0 Å². The SMILES string of the molecule is CCCS(=O)(=O)Nc1cccc(C(=O)Nc2ccc(OCC)c(OCC)c2)c1. The van der Waals surface area contributed by atoms with E-state index in [0.717, 1.165) is 0 Å². The van der Waals surface area contributed by atoms with Crippen LogP contribution >= 0.6 is 0 Å². The number of anilines is 2. The molecule has 0 bridgehead atoms. The van der Waals surface area contributed by atoms with Crippen LogP contribution in [0.4, 0.5) is 11.4 Å². The Morgan fingerprint density at radius 2 is 1.64 bits per heavy atom. The molecule has 1 amide bonds. The first-order chi connectivity index (χ1) is 13.4. The van der Waals surface area contributed by atoms with Crippen LogP contribution in [-0.4, -0.2) is 33.3 Å². The number of ether oxygens (including phenoxy) is 2. The Morgan fingerprint density at radius 1 is 0.929 bits per heavy atom. The Hall–Kier alpha value is -2.74. The molecule has 0 aliphatic heterocycles. The second-order valence-electron chi connectivity index (χ2n) is 5.98. The summed E-state index contributed by atoms with van der Waals surface area (Å²) < 4.78 is 37.4. The summed E-state index contributed by atoms with van der Waals surface area (Å²) in [4.78, 5) is 12.6. The van der Waals surface area contributed by atoms with E-state index in [1.165, 1.54) is 6.07 Å². The van der Waals surface area contributed by atoms with Crippen molar-refractivity contribution in [2.75, 3.05) is 29.0 Å². The van der Waals surface area contributed by atoms with Gasteiger partial charge in [0.1, 0.15) is 0 Å². The van der Waals surface area contributed by atoms with E-state index in [9.17, 15) is 13.2 Å². The van der Waals surface area contributed by atoms with Gasteiger partial charge < -0.3 is 14.8 Å². The third-order valence-corrected chi connectivity index (χ3v) is 5.16. The van der Waals surface area contributed by atoms with Gasteiger partial charge in [-0.3, -0.25) is 9.52 Å². The average Bonchev–Trinajstić information content (AvgIpc) is 2.64. The highest BCUT2D eigenvalue weighted by Crippen LogP contribution is 2.31. The third-order valence-electron chi connectivity index (χ3n) is 3.67. The predicted octanol–water partition coefficient (Wildman–Crippen LogP) is 3.89. The Balaban J connectivity index is 2.16. The molecule has 0 aliphatic rings. The zero-order valence-electron chi connectivity index (χ0n) is 16.3. The van der Waals surface area contributed by atoms with Gasteiger partial charge >= 0.3 is 0 Å². The van der Waals surface area contributed by atoms with Crippen LogP contribution in [0.25, 0.3) is 0 Å². The molecule has 2 aromatic carbocycles. The van der Waals surface area contributed by atoms with Crippen LogP contribution in [0.3, 0.4) is 0 Å². The fourth-order valence-corrected chi connectivity index (χ4v) is 3.68. The summed E-state index contributed by atoms with van der Waals surface area (Å²) in [5.74, 6) is 0.816. The van der Waals surface area contributed by atoms with Gasteiger partial charge in [0.2, 0.25) is 10.0 Å². The van der Waals surface area contributed by atoms with E-state index in [-0.39, 0.29) is 11.7 Å². The van der Waals surface area contributed by atoms with Gasteiger partial charge in [-0.25, -0.2) is 8.42 Å². The minimum atomic E-state index is -3.42. The Labute approximate surface area is 166 Å². The highest BCUT2D eigenvalue weighted by Gasteiger charge is 2.13. The largest absolute Gasteiger partial charge is 0.490 e. The van der Waals surface area contributed by atoms with Gasteiger partial charge in [0.15, 0.2) is 11.5 Å². The number of hydrogen-bond donors (Lipinski definition) is 2. The molecule has 2 rings (SSSR count). The van der Waals surface area contributed by atoms with Gasteiger partial charge in [-0.1, -0.05) is 13.0 Å². The Morgan fingerprint density at radius 3 is 2.32 bits per heavy atom. The fourth-order valence-electron chi connectivity index (χ4n) is 2.56. The van der Waals surface area contributed by atoms with Gasteiger partial charge in [-0.15, -0.1) is 0 Å². The van der Waals surface area contributed by atoms with Crippen molar-refractivity contribution in [1.29, 1.82) is 0 Å². The molecular weight excluding hydrogens is 380 g/mol. The minimum absolute atomic E-state index is 0.0236. The van der Waals surface area contributed by atoms with Gasteiger partial charge in [0.25, 0.3) is 5.91 Å². The summed E-state index contributed by atoms with van der Waals surface area (Å²) in [6, 6.07) is 11.5. The smallest absolute Gasteiger partial charge is 0.255 e. The molecule has 0 heterocycles. The van der Waals surface area contributed by atoms with Crippen LogP contribution in [0.5, 0.6) is 11.5 Å². The van der Waals surface area contributed by atoms with Gasteiger partial charge in [0, 0.05) is 23.0 Å². The lowest BCUT2D eigenvalue weighted by molar-refractivity contribution is 0.102. The summed E-state index contributed by atoms with van der Waals surface area (Å²) in [6.07, 6.45) is 0.509. The van der Waals surface area contributed by atoms with Crippen LogP contribution in [0.15, 0.2) is 42.5 Å². The van der Waals surface area contributed by atoms with Crippen molar-refractivity contribution in [1.82, 2.24) is 0 Å². The van der Waals surface area contributed by atoms with E-state index in [1.807, 2.05) is 13.8 Å². The normalized spacial score (nSPS) is 11.0. The van der Waals surface area contributed by atoms with E-state index >= 15 is 0 Å². The number of hydrogen-bond acceptors (Lipinski definition) is 5. The zero-order chi connectivity index (χ0) is 20.6. The number of benzene rings is 2. The number of carbonyl (C=O) groups is 1. The van der Waals surface area contributed by atoms with Crippen LogP contribution in [0.2, 0.25) is 0 Å². The summed E-state index contributed by atoms with van der Waals surface area (Å²) in [5.41, 5.74) is 1.24. The molecule has 2 aromatic rings. The van der Waals surface area contributed by atoms with E-state index in [0.29, 0.717) is 48.1 Å². The Bertz CT molecular complexity index is 913. The molecule has 2 N–H and O–H groups in total. The molecule has 0 aliphatic carbocycles. The van der Waals surface area contributed by atoms with Crippen molar-refractivity contribution in [2.24, 2.45) is 0 Å². The van der Waals surface area contributed by atoms with Crippen molar-refractivity contribution in [2.45, 2.75) is 27.2 Å². The molecular formula is C20H26N2O5S. The molecule has 0 fully saturated rings. The summed E-state index contributed by atoms with van der Waals surface area (Å²) in [6.45, 7) is 6.51. The number of carbonyl (C=O) groups excluding carboxylic acids is 1. The first-order valence-corrected chi connectivity index (χ1v) is 10.8. The molecule has 0 saturated heterocycles. The summed E-state index contributed by atoms with van der Waals surface area (Å²) >= 11 is 0.